The Morgan fingerprint density at radius 3 is 2.88 bits per heavy atom. The van der Waals surface area contributed by atoms with Crippen LogP contribution in [0.2, 0.25) is 5.15 Å². The van der Waals surface area contributed by atoms with E-state index >= 15 is 0 Å². The van der Waals surface area contributed by atoms with Crippen LogP contribution in [0.5, 0.6) is 0 Å². The van der Waals surface area contributed by atoms with Crippen molar-refractivity contribution < 1.29 is 9.53 Å². The van der Waals surface area contributed by atoms with Gasteiger partial charge in [0.15, 0.2) is 11.0 Å². The lowest BCUT2D eigenvalue weighted by atomic mass is 10.4. The van der Waals surface area contributed by atoms with Gasteiger partial charge in [0.05, 0.1) is 6.61 Å². The Balaban J connectivity index is 2.39. The minimum atomic E-state index is -0.475. The van der Waals surface area contributed by atoms with Gasteiger partial charge in [-0.2, -0.15) is 0 Å². The van der Waals surface area contributed by atoms with Crippen LogP contribution in [-0.4, -0.2) is 28.8 Å². The average molecular weight is 245 g/mol. The Kier molecular flexibility index (Phi) is 4.94. The molecule has 0 aromatic carbocycles. The van der Waals surface area contributed by atoms with Gasteiger partial charge < -0.3 is 10.2 Å². The fourth-order valence-electron chi connectivity index (χ4n) is 0.891. The van der Waals surface area contributed by atoms with Crippen molar-refractivity contribution in [3.05, 3.63) is 17.3 Å². The minimum absolute atomic E-state index is 0.309. The van der Waals surface area contributed by atoms with Gasteiger partial charge in [0.25, 0.3) is 0 Å². The van der Waals surface area contributed by atoms with E-state index in [2.05, 4.69) is 21.0 Å². The van der Waals surface area contributed by atoms with Crippen LogP contribution in [-0.2, 0) is 9.53 Å². The minimum Gasteiger partial charge on any atom is -0.465 e. The molecule has 0 amide bonds. The Morgan fingerprint density at radius 2 is 2.31 bits per heavy atom. The third-order valence-electron chi connectivity index (χ3n) is 1.69. The normalized spacial score (nSPS) is 11.9. The molecule has 0 bridgehead atoms. The van der Waals surface area contributed by atoms with Gasteiger partial charge >= 0.3 is 5.97 Å². The van der Waals surface area contributed by atoms with Crippen molar-refractivity contribution in [3.63, 3.8) is 0 Å². The summed E-state index contributed by atoms with van der Waals surface area (Å²) < 4.78 is 4.81. The number of hydrogen-bond donors (Lipinski definition) is 2. The number of rotatable bonds is 5. The van der Waals surface area contributed by atoms with Crippen molar-refractivity contribution in [2.75, 3.05) is 12.0 Å². The van der Waals surface area contributed by atoms with Gasteiger partial charge in [-0.25, -0.2) is 5.43 Å². The van der Waals surface area contributed by atoms with Gasteiger partial charge in [0, 0.05) is 0 Å². The molecule has 7 heteroatoms. The Morgan fingerprint density at radius 1 is 1.56 bits per heavy atom. The quantitative estimate of drug-likeness (QED) is 0.595. The number of ether oxygens (including phenoxy) is 1. The zero-order valence-electron chi connectivity index (χ0n) is 9.03. The summed E-state index contributed by atoms with van der Waals surface area (Å²) in [6.07, 6.45) is 0. The van der Waals surface area contributed by atoms with Gasteiger partial charge in [0.2, 0.25) is 0 Å². The molecule has 0 saturated carbocycles. The molecule has 1 aromatic rings. The lowest BCUT2D eigenvalue weighted by molar-refractivity contribution is -0.144. The molecule has 0 fully saturated rings. The number of nitrogens with one attached hydrogen (secondary N) is 2. The third kappa shape index (κ3) is 4.00. The Labute approximate surface area is 98.3 Å². The van der Waals surface area contributed by atoms with Crippen LogP contribution in [0.25, 0.3) is 0 Å². The highest BCUT2D eigenvalue weighted by Crippen LogP contribution is 2.04. The molecular weight excluding hydrogens is 232 g/mol. The second kappa shape index (κ2) is 6.24. The zero-order valence-corrected chi connectivity index (χ0v) is 9.78. The van der Waals surface area contributed by atoms with Gasteiger partial charge in [0.1, 0.15) is 6.04 Å². The second-order valence-corrected chi connectivity index (χ2v) is 3.37. The predicted octanol–water partition coefficient (Wildman–Crippen LogP) is 0.998. The third-order valence-corrected chi connectivity index (χ3v) is 1.89. The van der Waals surface area contributed by atoms with Crippen LogP contribution in [0.15, 0.2) is 12.1 Å². The number of aromatic nitrogens is 2. The van der Waals surface area contributed by atoms with Gasteiger partial charge in [-0.15, -0.1) is 10.2 Å². The number of nitrogens with zero attached hydrogens (tertiary/aromatic N) is 2. The van der Waals surface area contributed by atoms with E-state index in [4.69, 9.17) is 16.3 Å². The standard InChI is InChI=1S/C9H13ClN4O2/c1-3-16-9(15)6(2)11-13-8-5-4-7(10)12-14-8/h4-6,11H,3H2,1-2H3,(H,13,14). The van der Waals surface area contributed by atoms with E-state index in [0.717, 1.165) is 0 Å². The number of hydrogen-bond acceptors (Lipinski definition) is 6. The average Bonchev–Trinajstić information content (AvgIpc) is 2.28. The molecular formula is C9H13ClN4O2. The molecule has 0 aliphatic carbocycles. The number of carbonyl (C=O) groups excluding carboxylic acids is 1. The highest BCUT2D eigenvalue weighted by atomic mass is 35.5. The van der Waals surface area contributed by atoms with E-state index in [0.29, 0.717) is 17.6 Å². The number of halogens is 1. The summed E-state index contributed by atoms with van der Waals surface area (Å²) in [5.41, 5.74) is 5.46. The van der Waals surface area contributed by atoms with Crippen LogP contribution >= 0.6 is 11.6 Å². The molecule has 1 unspecified atom stereocenters. The van der Waals surface area contributed by atoms with Gasteiger partial charge in [-0.1, -0.05) is 11.6 Å². The molecule has 0 saturated heterocycles. The molecule has 0 aliphatic rings. The first-order chi connectivity index (χ1) is 7.63. The molecule has 88 valence electrons. The van der Waals surface area contributed by atoms with Crippen LogP contribution in [0, 0.1) is 0 Å². The molecule has 6 nitrogen and oxygen atoms in total. The monoisotopic (exact) mass is 244 g/mol. The first-order valence-corrected chi connectivity index (χ1v) is 5.18. The molecule has 2 N–H and O–H groups in total. The summed E-state index contributed by atoms with van der Waals surface area (Å²) in [6, 6.07) is 2.76. The number of esters is 1. The SMILES string of the molecule is CCOC(=O)C(C)NNc1ccc(Cl)nn1. The molecule has 1 rings (SSSR count). The molecule has 0 aliphatic heterocycles. The van der Waals surface area contributed by atoms with Gasteiger partial charge in [-0.05, 0) is 26.0 Å². The van der Waals surface area contributed by atoms with Crippen LogP contribution in [0.4, 0.5) is 5.82 Å². The van der Waals surface area contributed by atoms with Crippen molar-refractivity contribution in [1.82, 2.24) is 15.6 Å². The maximum absolute atomic E-state index is 11.2. The van der Waals surface area contributed by atoms with E-state index in [9.17, 15) is 4.79 Å². The van der Waals surface area contributed by atoms with Crippen molar-refractivity contribution in [2.45, 2.75) is 19.9 Å². The summed E-state index contributed by atoms with van der Waals surface area (Å²) in [5.74, 6) is 0.137. The maximum Gasteiger partial charge on any atom is 0.324 e. The Bertz CT molecular complexity index is 344. The number of carbonyl (C=O) groups is 1. The first-order valence-electron chi connectivity index (χ1n) is 4.81. The summed E-state index contributed by atoms with van der Waals surface area (Å²) in [5, 5.41) is 7.69. The topological polar surface area (TPSA) is 76.1 Å². The van der Waals surface area contributed by atoms with E-state index in [1.54, 1.807) is 26.0 Å². The smallest absolute Gasteiger partial charge is 0.324 e. The van der Waals surface area contributed by atoms with Gasteiger partial charge in [-0.3, -0.25) is 4.79 Å². The molecule has 0 spiro atoms. The summed E-state index contributed by atoms with van der Waals surface area (Å²) in [6.45, 7) is 3.78. The Hall–Kier alpha value is -1.40. The largest absolute Gasteiger partial charge is 0.465 e. The van der Waals surface area contributed by atoms with Crippen LogP contribution in [0.3, 0.4) is 0 Å². The summed E-state index contributed by atoms with van der Waals surface area (Å²) in [7, 11) is 0. The van der Waals surface area contributed by atoms with E-state index in [-0.39, 0.29) is 5.97 Å². The van der Waals surface area contributed by atoms with E-state index < -0.39 is 6.04 Å². The zero-order chi connectivity index (χ0) is 12.0. The highest BCUT2D eigenvalue weighted by Gasteiger charge is 2.12. The fourth-order valence-corrected chi connectivity index (χ4v) is 0.992. The second-order valence-electron chi connectivity index (χ2n) is 2.98. The number of hydrazine groups is 1. The van der Waals surface area contributed by atoms with Crippen molar-refractivity contribution in [1.29, 1.82) is 0 Å². The molecule has 1 atom stereocenters. The van der Waals surface area contributed by atoms with Crippen molar-refractivity contribution in [3.8, 4) is 0 Å². The lowest BCUT2D eigenvalue weighted by Gasteiger charge is -2.13. The summed E-state index contributed by atoms with van der Waals surface area (Å²) in [4.78, 5) is 11.2. The molecule has 16 heavy (non-hydrogen) atoms. The highest BCUT2D eigenvalue weighted by molar-refractivity contribution is 6.29. The van der Waals surface area contributed by atoms with Crippen LogP contribution < -0.4 is 10.9 Å². The van der Waals surface area contributed by atoms with E-state index in [1.807, 2.05) is 0 Å². The molecule has 1 heterocycles. The fraction of sp³-hybridized carbons (Fsp3) is 0.444. The molecule has 1 aromatic heterocycles. The maximum atomic E-state index is 11.2. The first kappa shape index (κ1) is 12.7. The van der Waals surface area contributed by atoms with E-state index in [1.165, 1.54) is 0 Å². The van der Waals surface area contributed by atoms with Crippen molar-refractivity contribution >= 4 is 23.4 Å². The van der Waals surface area contributed by atoms with Crippen LogP contribution in [0.1, 0.15) is 13.8 Å². The van der Waals surface area contributed by atoms with Crippen molar-refractivity contribution in [2.24, 2.45) is 0 Å². The predicted molar refractivity (Wildman–Crippen MR) is 59.9 cm³/mol. The number of anilines is 1. The summed E-state index contributed by atoms with van der Waals surface area (Å²) >= 11 is 5.57. The lowest BCUT2D eigenvalue weighted by Crippen LogP contribution is -2.39. The molecule has 0 radical (unpaired) electrons.